The highest BCUT2D eigenvalue weighted by molar-refractivity contribution is 5.95. The maximum atomic E-state index is 12.8. The Hall–Kier alpha value is -2.97. The summed E-state index contributed by atoms with van der Waals surface area (Å²) in [6.07, 6.45) is 0. The van der Waals surface area contributed by atoms with Crippen LogP contribution in [0.3, 0.4) is 0 Å². The summed E-state index contributed by atoms with van der Waals surface area (Å²) in [5.74, 6) is 2.48. The molecule has 1 N–H and O–H groups in total. The first-order valence-corrected chi connectivity index (χ1v) is 10.5. The van der Waals surface area contributed by atoms with Gasteiger partial charge in [0.1, 0.15) is 0 Å². The normalized spacial score (nSPS) is 16.6. The molecule has 1 atom stereocenters. The molecule has 2 aliphatic heterocycles. The van der Waals surface area contributed by atoms with Gasteiger partial charge in [0.05, 0.1) is 33.0 Å². The Morgan fingerprint density at radius 2 is 1.90 bits per heavy atom. The molecule has 1 amide bonds. The Kier molecular flexibility index (Phi) is 6.79. The van der Waals surface area contributed by atoms with Crippen molar-refractivity contribution in [1.82, 2.24) is 10.2 Å². The molecule has 2 aromatic rings. The summed E-state index contributed by atoms with van der Waals surface area (Å²) in [4.78, 5) is 15.1. The van der Waals surface area contributed by atoms with Crippen LogP contribution in [-0.2, 0) is 4.74 Å². The minimum atomic E-state index is -0.158. The molecule has 31 heavy (non-hydrogen) atoms. The molecule has 2 heterocycles. The highest BCUT2D eigenvalue weighted by Gasteiger charge is 2.25. The van der Waals surface area contributed by atoms with Crippen molar-refractivity contribution in [3.63, 3.8) is 0 Å². The third kappa shape index (κ3) is 4.86. The molecule has 1 fully saturated rings. The Labute approximate surface area is 182 Å². The van der Waals surface area contributed by atoms with Crippen LogP contribution in [-0.4, -0.2) is 64.2 Å². The van der Waals surface area contributed by atoms with Gasteiger partial charge in [-0.2, -0.15) is 0 Å². The van der Waals surface area contributed by atoms with Gasteiger partial charge in [0.25, 0.3) is 5.91 Å². The number of nitrogens with zero attached hydrogens (tertiary/aromatic N) is 1. The lowest BCUT2D eigenvalue weighted by Crippen LogP contribution is -2.43. The second-order valence-corrected chi connectivity index (χ2v) is 7.29. The van der Waals surface area contributed by atoms with Gasteiger partial charge in [0.15, 0.2) is 23.0 Å². The van der Waals surface area contributed by atoms with Gasteiger partial charge in [-0.05, 0) is 42.8 Å². The first kappa shape index (κ1) is 21.3. The first-order valence-electron chi connectivity index (χ1n) is 10.5. The number of hydrogen-bond donors (Lipinski definition) is 1. The van der Waals surface area contributed by atoms with Gasteiger partial charge in [0.2, 0.25) is 6.79 Å². The standard InChI is InChI=1S/C23H28N2O6/c1-3-29-19-6-4-16(12-21(19)27-2)18(25-8-10-28-11-9-25)14-24-23(26)17-5-7-20-22(13-17)31-15-30-20/h4-7,12-13,18H,3,8-11,14-15H2,1-2H3,(H,24,26). The lowest BCUT2D eigenvalue weighted by atomic mass is 10.0. The van der Waals surface area contributed by atoms with Crippen molar-refractivity contribution in [2.45, 2.75) is 13.0 Å². The maximum Gasteiger partial charge on any atom is 0.251 e. The van der Waals surface area contributed by atoms with Crippen molar-refractivity contribution >= 4 is 5.91 Å². The van der Waals surface area contributed by atoms with E-state index in [0.29, 0.717) is 54.9 Å². The number of morpholine rings is 1. The first-order chi connectivity index (χ1) is 15.2. The zero-order chi connectivity index (χ0) is 21.6. The number of carbonyl (C=O) groups is 1. The molecule has 1 saturated heterocycles. The number of methoxy groups -OCH3 is 1. The van der Waals surface area contributed by atoms with Crippen molar-refractivity contribution in [3.8, 4) is 23.0 Å². The Morgan fingerprint density at radius 3 is 2.68 bits per heavy atom. The highest BCUT2D eigenvalue weighted by atomic mass is 16.7. The summed E-state index contributed by atoms with van der Waals surface area (Å²) in [6, 6.07) is 11.1. The van der Waals surface area contributed by atoms with Gasteiger partial charge in [-0.25, -0.2) is 0 Å². The van der Waals surface area contributed by atoms with Crippen molar-refractivity contribution in [1.29, 1.82) is 0 Å². The molecule has 0 bridgehead atoms. The number of amides is 1. The Bertz CT molecular complexity index is 913. The average molecular weight is 428 g/mol. The van der Waals surface area contributed by atoms with Crippen LogP contribution >= 0.6 is 0 Å². The number of rotatable bonds is 8. The fraction of sp³-hybridized carbons (Fsp3) is 0.435. The van der Waals surface area contributed by atoms with E-state index in [2.05, 4.69) is 10.2 Å². The number of hydrogen-bond acceptors (Lipinski definition) is 7. The predicted octanol–water partition coefficient (Wildman–Crippen LogP) is 2.63. The fourth-order valence-corrected chi connectivity index (χ4v) is 3.84. The van der Waals surface area contributed by atoms with Crippen molar-refractivity contribution in [3.05, 3.63) is 47.5 Å². The van der Waals surface area contributed by atoms with E-state index >= 15 is 0 Å². The fourth-order valence-electron chi connectivity index (χ4n) is 3.84. The number of carbonyl (C=O) groups excluding carboxylic acids is 1. The van der Waals surface area contributed by atoms with Crippen molar-refractivity contribution in [2.75, 3.05) is 53.4 Å². The summed E-state index contributed by atoms with van der Waals surface area (Å²) < 4.78 is 27.4. The Balaban J connectivity index is 1.52. The summed E-state index contributed by atoms with van der Waals surface area (Å²) >= 11 is 0. The topological polar surface area (TPSA) is 78.5 Å². The number of nitrogens with one attached hydrogen (secondary N) is 1. The van der Waals surface area contributed by atoms with Crippen LogP contribution in [0.2, 0.25) is 0 Å². The van der Waals surface area contributed by atoms with Crippen LogP contribution in [0.5, 0.6) is 23.0 Å². The summed E-state index contributed by atoms with van der Waals surface area (Å²) in [7, 11) is 1.63. The second kappa shape index (κ2) is 9.89. The van der Waals surface area contributed by atoms with Gasteiger partial charge >= 0.3 is 0 Å². The smallest absolute Gasteiger partial charge is 0.251 e. The molecule has 0 spiro atoms. The van der Waals surface area contributed by atoms with Gasteiger partial charge in [0, 0.05) is 25.2 Å². The second-order valence-electron chi connectivity index (χ2n) is 7.29. The van der Waals surface area contributed by atoms with E-state index in [-0.39, 0.29) is 18.7 Å². The summed E-state index contributed by atoms with van der Waals surface area (Å²) in [5.41, 5.74) is 1.59. The van der Waals surface area contributed by atoms with Gasteiger partial charge in [-0.15, -0.1) is 0 Å². The summed E-state index contributed by atoms with van der Waals surface area (Å²) in [5, 5.41) is 3.07. The van der Waals surface area contributed by atoms with Gasteiger partial charge in [-0.1, -0.05) is 6.07 Å². The third-order valence-electron chi connectivity index (χ3n) is 5.45. The van der Waals surface area contributed by atoms with Crippen molar-refractivity contribution < 1.29 is 28.5 Å². The third-order valence-corrected chi connectivity index (χ3v) is 5.45. The molecular formula is C23H28N2O6. The molecule has 2 aromatic carbocycles. The monoisotopic (exact) mass is 428 g/mol. The zero-order valence-electron chi connectivity index (χ0n) is 17.9. The minimum absolute atomic E-state index is 0.0218. The van der Waals surface area contributed by atoms with Crippen LogP contribution < -0.4 is 24.3 Å². The molecule has 0 radical (unpaired) electrons. The molecule has 0 saturated carbocycles. The van der Waals surface area contributed by atoms with E-state index in [4.69, 9.17) is 23.7 Å². The van der Waals surface area contributed by atoms with Crippen molar-refractivity contribution in [2.24, 2.45) is 0 Å². The zero-order valence-corrected chi connectivity index (χ0v) is 17.9. The molecule has 166 valence electrons. The molecule has 4 rings (SSSR count). The van der Waals surface area contributed by atoms with E-state index in [9.17, 15) is 4.79 Å². The van der Waals surface area contributed by atoms with Gasteiger partial charge in [-0.3, -0.25) is 9.69 Å². The minimum Gasteiger partial charge on any atom is -0.493 e. The van der Waals surface area contributed by atoms with E-state index in [0.717, 1.165) is 18.7 Å². The van der Waals surface area contributed by atoms with Crippen LogP contribution in [0.25, 0.3) is 0 Å². The van der Waals surface area contributed by atoms with E-state index < -0.39 is 0 Å². The highest BCUT2D eigenvalue weighted by Crippen LogP contribution is 2.34. The molecule has 8 heteroatoms. The molecular weight excluding hydrogens is 400 g/mol. The lowest BCUT2D eigenvalue weighted by Gasteiger charge is -2.35. The van der Waals surface area contributed by atoms with Crippen LogP contribution in [0.15, 0.2) is 36.4 Å². The van der Waals surface area contributed by atoms with Crippen LogP contribution in [0, 0.1) is 0 Å². The van der Waals surface area contributed by atoms with Crippen LogP contribution in [0.1, 0.15) is 28.9 Å². The number of ether oxygens (including phenoxy) is 5. The van der Waals surface area contributed by atoms with E-state index in [1.54, 1.807) is 25.3 Å². The maximum absolute atomic E-state index is 12.8. The summed E-state index contributed by atoms with van der Waals surface area (Å²) in [6.45, 7) is 6.05. The lowest BCUT2D eigenvalue weighted by molar-refractivity contribution is 0.0162. The average Bonchev–Trinajstić information content (AvgIpc) is 3.28. The van der Waals surface area contributed by atoms with E-state index in [1.165, 1.54) is 0 Å². The van der Waals surface area contributed by atoms with E-state index in [1.807, 2.05) is 25.1 Å². The number of benzene rings is 2. The molecule has 0 aromatic heterocycles. The molecule has 8 nitrogen and oxygen atoms in total. The molecule has 0 aliphatic carbocycles. The molecule has 1 unspecified atom stereocenters. The predicted molar refractivity (Wildman–Crippen MR) is 114 cm³/mol. The van der Waals surface area contributed by atoms with Gasteiger partial charge < -0.3 is 29.0 Å². The quantitative estimate of drug-likeness (QED) is 0.693. The number of fused-ring (bicyclic) bond motifs is 1. The molecule has 2 aliphatic rings. The Morgan fingerprint density at radius 1 is 1.10 bits per heavy atom. The SMILES string of the molecule is CCOc1ccc(C(CNC(=O)c2ccc3c(c2)OCO3)N2CCOCC2)cc1OC. The van der Waals surface area contributed by atoms with Crippen LogP contribution in [0.4, 0.5) is 0 Å². The largest absolute Gasteiger partial charge is 0.493 e.